The van der Waals surface area contributed by atoms with Gasteiger partial charge in [0.2, 0.25) is 0 Å². The predicted octanol–water partition coefficient (Wildman–Crippen LogP) is 3.18. The van der Waals surface area contributed by atoms with E-state index in [0.29, 0.717) is 17.7 Å². The highest BCUT2D eigenvalue weighted by molar-refractivity contribution is 5.35. The number of rotatable bonds is 4. The molecule has 0 radical (unpaired) electrons. The van der Waals surface area contributed by atoms with Gasteiger partial charge in [0, 0.05) is 18.2 Å². The van der Waals surface area contributed by atoms with E-state index in [1.54, 1.807) is 6.07 Å². The van der Waals surface area contributed by atoms with Gasteiger partial charge in [0.25, 0.3) is 0 Å². The van der Waals surface area contributed by atoms with Crippen molar-refractivity contribution < 1.29 is 5.11 Å². The number of hydrogen-bond donors (Lipinski definition) is 1. The first-order valence-corrected chi connectivity index (χ1v) is 5.90. The van der Waals surface area contributed by atoms with Crippen LogP contribution in [0.2, 0.25) is 0 Å². The van der Waals surface area contributed by atoms with Crippen molar-refractivity contribution >= 4 is 0 Å². The maximum atomic E-state index is 9.78. The summed E-state index contributed by atoms with van der Waals surface area (Å²) in [7, 11) is 2.10. The van der Waals surface area contributed by atoms with Crippen molar-refractivity contribution in [2.45, 2.75) is 40.3 Å². The van der Waals surface area contributed by atoms with Gasteiger partial charge < -0.3 is 5.11 Å². The third-order valence-corrected chi connectivity index (χ3v) is 3.31. The highest BCUT2D eigenvalue weighted by Gasteiger charge is 2.14. The van der Waals surface area contributed by atoms with Crippen molar-refractivity contribution in [1.82, 2.24) is 4.90 Å². The van der Waals surface area contributed by atoms with Gasteiger partial charge in [-0.15, -0.1) is 0 Å². The lowest BCUT2D eigenvalue weighted by molar-refractivity contribution is 0.198. The SMILES string of the molecule is Cc1ccc(O)c(CN(C)C(C)C(C)C)c1. The summed E-state index contributed by atoms with van der Waals surface area (Å²) in [5.41, 5.74) is 2.20. The number of nitrogens with zero attached hydrogens (tertiary/aromatic N) is 1. The summed E-state index contributed by atoms with van der Waals surface area (Å²) in [6.07, 6.45) is 0. The Kier molecular flexibility index (Phi) is 4.36. The highest BCUT2D eigenvalue weighted by atomic mass is 16.3. The van der Waals surface area contributed by atoms with E-state index >= 15 is 0 Å². The van der Waals surface area contributed by atoms with Crippen molar-refractivity contribution in [3.8, 4) is 5.75 Å². The molecular formula is C14H23NO. The molecule has 0 saturated heterocycles. The van der Waals surface area contributed by atoms with Crippen LogP contribution in [0.3, 0.4) is 0 Å². The Hall–Kier alpha value is -1.02. The smallest absolute Gasteiger partial charge is 0.120 e. The van der Waals surface area contributed by atoms with Crippen LogP contribution in [-0.2, 0) is 6.54 Å². The van der Waals surface area contributed by atoms with E-state index in [-0.39, 0.29) is 0 Å². The van der Waals surface area contributed by atoms with Crippen LogP contribution in [0.4, 0.5) is 0 Å². The van der Waals surface area contributed by atoms with Gasteiger partial charge in [-0.25, -0.2) is 0 Å². The molecule has 2 nitrogen and oxygen atoms in total. The third-order valence-electron chi connectivity index (χ3n) is 3.31. The zero-order chi connectivity index (χ0) is 12.3. The lowest BCUT2D eigenvalue weighted by Crippen LogP contribution is -2.32. The molecule has 90 valence electrons. The molecule has 0 saturated carbocycles. The Morgan fingerprint density at radius 2 is 1.88 bits per heavy atom. The number of hydrogen-bond acceptors (Lipinski definition) is 2. The number of phenols is 1. The number of aromatic hydroxyl groups is 1. The maximum Gasteiger partial charge on any atom is 0.120 e. The fraction of sp³-hybridized carbons (Fsp3) is 0.571. The molecular weight excluding hydrogens is 198 g/mol. The average Bonchev–Trinajstić information content (AvgIpc) is 2.22. The normalized spacial score (nSPS) is 13.4. The summed E-state index contributed by atoms with van der Waals surface area (Å²) < 4.78 is 0. The summed E-state index contributed by atoms with van der Waals surface area (Å²) >= 11 is 0. The first-order chi connectivity index (χ1) is 7.41. The van der Waals surface area contributed by atoms with E-state index in [0.717, 1.165) is 12.1 Å². The molecule has 0 aromatic heterocycles. The van der Waals surface area contributed by atoms with Crippen LogP contribution in [0.1, 0.15) is 31.9 Å². The van der Waals surface area contributed by atoms with Crippen molar-refractivity contribution in [2.24, 2.45) is 5.92 Å². The molecule has 1 aromatic rings. The van der Waals surface area contributed by atoms with Crippen molar-refractivity contribution in [2.75, 3.05) is 7.05 Å². The van der Waals surface area contributed by atoms with Gasteiger partial charge in [-0.05, 0) is 32.9 Å². The number of benzene rings is 1. The monoisotopic (exact) mass is 221 g/mol. The zero-order valence-electron chi connectivity index (χ0n) is 11.0. The van der Waals surface area contributed by atoms with Crippen LogP contribution in [-0.4, -0.2) is 23.1 Å². The van der Waals surface area contributed by atoms with Crippen molar-refractivity contribution in [3.05, 3.63) is 29.3 Å². The van der Waals surface area contributed by atoms with E-state index in [1.807, 2.05) is 6.07 Å². The van der Waals surface area contributed by atoms with Gasteiger partial charge in [0.1, 0.15) is 5.75 Å². The lowest BCUT2D eigenvalue weighted by Gasteiger charge is -2.28. The first-order valence-electron chi connectivity index (χ1n) is 5.90. The molecule has 1 N–H and O–H groups in total. The summed E-state index contributed by atoms with van der Waals surface area (Å²) in [5.74, 6) is 1.02. The molecule has 0 spiro atoms. The van der Waals surface area contributed by atoms with E-state index in [9.17, 15) is 5.11 Å². The summed E-state index contributed by atoms with van der Waals surface area (Å²) in [6, 6.07) is 6.28. The van der Waals surface area contributed by atoms with Crippen molar-refractivity contribution in [1.29, 1.82) is 0 Å². The van der Waals surface area contributed by atoms with Crippen molar-refractivity contribution in [3.63, 3.8) is 0 Å². The zero-order valence-corrected chi connectivity index (χ0v) is 11.0. The minimum absolute atomic E-state index is 0.397. The molecule has 2 heteroatoms. The molecule has 1 unspecified atom stereocenters. The molecule has 0 amide bonds. The summed E-state index contributed by atoms with van der Waals surface area (Å²) in [4.78, 5) is 2.28. The van der Waals surface area contributed by atoms with Crippen LogP contribution < -0.4 is 0 Å². The van der Waals surface area contributed by atoms with Gasteiger partial charge in [0.05, 0.1) is 0 Å². The molecule has 1 rings (SSSR count). The molecule has 0 aliphatic heterocycles. The lowest BCUT2D eigenvalue weighted by atomic mass is 10.0. The van der Waals surface area contributed by atoms with E-state index in [1.165, 1.54) is 5.56 Å². The Bertz CT molecular complexity index is 347. The van der Waals surface area contributed by atoms with E-state index in [2.05, 4.69) is 45.7 Å². The fourth-order valence-corrected chi connectivity index (χ4v) is 1.76. The Morgan fingerprint density at radius 3 is 2.44 bits per heavy atom. The number of aryl methyl sites for hydroxylation is 1. The second-order valence-electron chi connectivity index (χ2n) is 5.03. The molecule has 0 bridgehead atoms. The highest BCUT2D eigenvalue weighted by Crippen LogP contribution is 2.21. The van der Waals surface area contributed by atoms with Crippen LogP contribution >= 0.6 is 0 Å². The summed E-state index contributed by atoms with van der Waals surface area (Å²) in [6.45, 7) is 9.51. The van der Waals surface area contributed by atoms with E-state index < -0.39 is 0 Å². The third kappa shape index (κ3) is 3.24. The molecule has 0 aliphatic rings. The molecule has 16 heavy (non-hydrogen) atoms. The van der Waals surface area contributed by atoms with Gasteiger partial charge in [0.15, 0.2) is 0 Å². The van der Waals surface area contributed by atoms with Gasteiger partial charge in [-0.3, -0.25) is 4.90 Å². The van der Waals surface area contributed by atoms with Gasteiger partial charge >= 0.3 is 0 Å². The van der Waals surface area contributed by atoms with Crippen LogP contribution in [0, 0.1) is 12.8 Å². The van der Waals surface area contributed by atoms with Crippen LogP contribution in [0.25, 0.3) is 0 Å². The summed E-state index contributed by atoms with van der Waals surface area (Å²) in [5, 5.41) is 9.78. The topological polar surface area (TPSA) is 23.5 Å². The van der Waals surface area contributed by atoms with Crippen LogP contribution in [0.15, 0.2) is 18.2 Å². The van der Waals surface area contributed by atoms with Gasteiger partial charge in [-0.1, -0.05) is 31.5 Å². The quantitative estimate of drug-likeness (QED) is 0.844. The second kappa shape index (κ2) is 5.35. The molecule has 1 aromatic carbocycles. The molecule has 0 heterocycles. The minimum atomic E-state index is 0.397. The first kappa shape index (κ1) is 13.0. The second-order valence-corrected chi connectivity index (χ2v) is 5.03. The fourth-order valence-electron chi connectivity index (χ4n) is 1.76. The van der Waals surface area contributed by atoms with E-state index in [4.69, 9.17) is 0 Å². The maximum absolute atomic E-state index is 9.78. The van der Waals surface area contributed by atoms with Crippen LogP contribution in [0.5, 0.6) is 5.75 Å². The Morgan fingerprint density at radius 1 is 1.25 bits per heavy atom. The number of phenolic OH excluding ortho intramolecular Hbond substituents is 1. The Labute approximate surface area is 98.9 Å². The predicted molar refractivity (Wildman–Crippen MR) is 68.6 cm³/mol. The largest absolute Gasteiger partial charge is 0.508 e. The molecule has 0 aliphatic carbocycles. The van der Waals surface area contributed by atoms with Gasteiger partial charge in [-0.2, -0.15) is 0 Å². The standard InChI is InChI=1S/C14H23NO/c1-10(2)12(4)15(5)9-13-8-11(3)6-7-14(13)16/h6-8,10,12,16H,9H2,1-5H3. The molecule has 1 atom stereocenters. The molecule has 0 fully saturated rings. The Balaban J connectivity index is 2.76. The average molecular weight is 221 g/mol. The minimum Gasteiger partial charge on any atom is -0.508 e.